The van der Waals surface area contributed by atoms with Crippen molar-refractivity contribution in [1.82, 2.24) is 4.72 Å². The molecule has 0 radical (unpaired) electrons. The van der Waals surface area contributed by atoms with Crippen LogP contribution >= 0.6 is 0 Å². The molecule has 23 heavy (non-hydrogen) atoms. The average Bonchev–Trinajstić information content (AvgIpc) is 2.47. The first kappa shape index (κ1) is 17.3. The van der Waals surface area contributed by atoms with Crippen molar-refractivity contribution in [3.05, 3.63) is 54.1 Å². The third kappa shape index (κ3) is 4.46. The van der Waals surface area contributed by atoms with E-state index in [-0.39, 0.29) is 16.6 Å². The van der Waals surface area contributed by atoms with E-state index < -0.39 is 10.0 Å². The highest BCUT2D eigenvalue weighted by Crippen LogP contribution is 2.18. The van der Waals surface area contributed by atoms with Crippen molar-refractivity contribution in [3.8, 4) is 0 Å². The highest BCUT2D eigenvalue weighted by Gasteiger charge is 2.19. The molecule has 2 aromatic carbocycles. The number of hydrogen-bond donors (Lipinski definition) is 2. The van der Waals surface area contributed by atoms with Crippen LogP contribution in [0, 0.1) is 0 Å². The number of nitrogens with two attached hydrogens (primary N) is 1. The molecule has 0 aliphatic rings. The van der Waals surface area contributed by atoms with Gasteiger partial charge in [-0.15, -0.1) is 0 Å². The van der Waals surface area contributed by atoms with Crippen molar-refractivity contribution in [3.63, 3.8) is 0 Å². The zero-order chi connectivity index (χ0) is 17.0. The Kier molecular flexibility index (Phi) is 5.28. The Morgan fingerprint density at radius 1 is 1.09 bits per heavy atom. The molecular weight excluding hydrogens is 310 g/mol. The Labute approximate surface area is 138 Å². The first-order valence-corrected chi connectivity index (χ1v) is 8.91. The van der Waals surface area contributed by atoms with Gasteiger partial charge in [0.15, 0.2) is 0 Å². The van der Waals surface area contributed by atoms with Crippen LogP contribution in [0.15, 0.2) is 53.4 Å². The molecule has 2 aromatic rings. The van der Waals surface area contributed by atoms with Crippen molar-refractivity contribution in [2.45, 2.75) is 24.3 Å². The Morgan fingerprint density at radius 2 is 1.70 bits per heavy atom. The lowest BCUT2D eigenvalue weighted by atomic mass is 10.1. The van der Waals surface area contributed by atoms with Gasteiger partial charge in [-0.1, -0.05) is 24.3 Å². The van der Waals surface area contributed by atoms with Crippen LogP contribution in [0.3, 0.4) is 0 Å². The van der Waals surface area contributed by atoms with Gasteiger partial charge < -0.3 is 10.6 Å². The number of rotatable bonds is 6. The maximum absolute atomic E-state index is 12.4. The van der Waals surface area contributed by atoms with E-state index >= 15 is 0 Å². The number of nitrogens with one attached hydrogen (secondary N) is 1. The SMILES string of the molecule is CC(Cc1ccc(N(C)C)cc1)NS(=O)(=O)c1ccccc1N. The minimum absolute atomic E-state index is 0.120. The van der Waals surface area contributed by atoms with Crippen LogP contribution in [0.5, 0.6) is 0 Å². The molecule has 0 spiro atoms. The van der Waals surface area contributed by atoms with Gasteiger partial charge in [0, 0.05) is 25.8 Å². The standard InChI is InChI=1S/C17H23N3O2S/c1-13(12-14-8-10-15(11-9-14)20(2)3)19-23(21,22)17-7-5-4-6-16(17)18/h4-11,13,19H,12,18H2,1-3H3. The molecular formula is C17H23N3O2S. The molecule has 0 amide bonds. The Bertz CT molecular complexity index is 756. The van der Waals surface area contributed by atoms with E-state index in [1.807, 2.05) is 50.2 Å². The average molecular weight is 333 g/mol. The number of nitrogen functional groups attached to an aromatic ring is 1. The van der Waals surface area contributed by atoms with Crippen molar-refractivity contribution in [2.75, 3.05) is 24.7 Å². The number of benzene rings is 2. The summed E-state index contributed by atoms with van der Waals surface area (Å²) in [6.45, 7) is 1.84. The van der Waals surface area contributed by atoms with Gasteiger partial charge in [0.2, 0.25) is 10.0 Å². The topological polar surface area (TPSA) is 75.4 Å². The molecule has 0 heterocycles. The molecule has 6 heteroatoms. The Hall–Kier alpha value is -2.05. The van der Waals surface area contributed by atoms with E-state index in [1.54, 1.807) is 18.2 Å². The van der Waals surface area contributed by atoms with E-state index in [1.165, 1.54) is 6.07 Å². The van der Waals surface area contributed by atoms with Gasteiger partial charge in [-0.25, -0.2) is 13.1 Å². The fraction of sp³-hybridized carbons (Fsp3) is 0.294. The zero-order valence-electron chi connectivity index (χ0n) is 13.7. The summed E-state index contributed by atoms with van der Waals surface area (Å²) in [4.78, 5) is 2.14. The molecule has 0 aliphatic carbocycles. The lowest BCUT2D eigenvalue weighted by Gasteiger charge is -2.16. The summed E-state index contributed by atoms with van der Waals surface area (Å²) in [6.07, 6.45) is 0.611. The van der Waals surface area contributed by atoms with Crippen LogP contribution in [0.1, 0.15) is 12.5 Å². The first-order chi connectivity index (χ1) is 10.8. The molecule has 0 aromatic heterocycles. The van der Waals surface area contributed by atoms with E-state index in [4.69, 9.17) is 5.73 Å². The zero-order valence-corrected chi connectivity index (χ0v) is 14.5. The molecule has 0 bridgehead atoms. The molecule has 3 N–H and O–H groups in total. The van der Waals surface area contributed by atoms with Crippen LogP contribution in [0.2, 0.25) is 0 Å². The lowest BCUT2D eigenvalue weighted by Crippen LogP contribution is -2.34. The van der Waals surface area contributed by atoms with Gasteiger partial charge in [0.05, 0.1) is 5.69 Å². The van der Waals surface area contributed by atoms with E-state index in [0.29, 0.717) is 6.42 Å². The predicted octanol–water partition coefficient (Wildman–Crippen LogP) is 2.24. The van der Waals surface area contributed by atoms with Gasteiger partial charge in [0.1, 0.15) is 4.90 Å². The number of sulfonamides is 1. The van der Waals surface area contributed by atoms with Crippen molar-refractivity contribution >= 4 is 21.4 Å². The molecule has 0 fully saturated rings. The fourth-order valence-corrected chi connectivity index (χ4v) is 3.76. The van der Waals surface area contributed by atoms with Crippen LogP contribution < -0.4 is 15.4 Å². The largest absolute Gasteiger partial charge is 0.398 e. The minimum Gasteiger partial charge on any atom is -0.398 e. The molecule has 5 nitrogen and oxygen atoms in total. The van der Waals surface area contributed by atoms with E-state index in [9.17, 15) is 8.42 Å². The van der Waals surface area contributed by atoms with Gasteiger partial charge >= 0.3 is 0 Å². The van der Waals surface area contributed by atoms with Gasteiger partial charge in [-0.3, -0.25) is 0 Å². The van der Waals surface area contributed by atoms with Gasteiger partial charge in [-0.2, -0.15) is 0 Å². The van der Waals surface area contributed by atoms with Crippen molar-refractivity contribution in [2.24, 2.45) is 0 Å². The molecule has 2 rings (SSSR count). The summed E-state index contributed by atoms with van der Waals surface area (Å²) >= 11 is 0. The number of para-hydroxylation sites is 1. The number of nitrogens with zero attached hydrogens (tertiary/aromatic N) is 1. The third-order valence-electron chi connectivity index (χ3n) is 3.56. The van der Waals surface area contributed by atoms with Gasteiger partial charge in [-0.05, 0) is 43.2 Å². The number of anilines is 2. The maximum atomic E-state index is 12.4. The normalized spacial score (nSPS) is 12.8. The highest BCUT2D eigenvalue weighted by molar-refractivity contribution is 7.89. The summed E-state index contributed by atoms with van der Waals surface area (Å²) in [5.41, 5.74) is 8.19. The van der Waals surface area contributed by atoms with Gasteiger partial charge in [0.25, 0.3) is 0 Å². The maximum Gasteiger partial charge on any atom is 0.242 e. The first-order valence-electron chi connectivity index (χ1n) is 7.42. The van der Waals surface area contributed by atoms with Crippen molar-refractivity contribution < 1.29 is 8.42 Å². The molecule has 0 aliphatic heterocycles. The number of hydrogen-bond acceptors (Lipinski definition) is 4. The lowest BCUT2D eigenvalue weighted by molar-refractivity contribution is 0.560. The second kappa shape index (κ2) is 7.02. The predicted molar refractivity (Wildman–Crippen MR) is 95.1 cm³/mol. The van der Waals surface area contributed by atoms with Crippen LogP contribution in [-0.2, 0) is 16.4 Å². The molecule has 124 valence electrons. The quantitative estimate of drug-likeness (QED) is 0.795. The minimum atomic E-state index is -3.62. The summed E-state index contributed by atoms with van der Waals surface area (Å²) in [5, 5.41) is 0. The Morgan fingerprint density at radius 3 is 2.26 bits per heavy atom. The molecule has 1 unspecified atom stereocenters. The Balaban J connectivity index is 2.07. The molecule has 1 atom stereocenters. The molecule has 0 saturated carbocycles. The van der Waals surface area contributed by atoms with E-state index in [0.717, 1.165) is 11.3 Å². The van der Waals surface area contributed by atoms with Crippen molar-refractivity contribution in [1.29, 1.82) is 0 Å². The second-order valence-corrected chi connectivity index (χ2v) is 7.51. The summed E-state index contributed by atoms with van der Waals surface area (Å²) in [6, 6.07) is 14.3. The van der Waals surface area contributed by atoms with Crippen LogP contribution in [0.4, 0.5) is 11.4 Å². The summed E-state index contributed by atoms with van der Waals surface area (Å²) < 4.78 is 27.5. The molecule has 0 saturated heterocycles. The summed E-state index contributed by atoms with van der Waals surface area (Å²) in [7, 11) is 0.349. The summed E-state index contributed by atoms with van der Waals surface area (Å²) in [5.74, 6) is 0. The fourth-order valence-electron chi connectivity index (χ4n) is 2.38. The van der Waals surface area contributed by atoms with Crippen LogP contribution in [0.25, 0.3) is 0 Å². The smallest absolute Gasteiger partial charge is 0.242 e. The van der Waals surface area contributed by atoms with Crippen LogP contribution in [-0.4, -0.2) is 28.6 Å². The highest BCUT2D eigenvalue weighted by atomic mass is 32.2. The van der Waals surface area contributed by atoms with E-state index in [2.05, 4.69) is 4.72 Å². The second-order valence-electron chi connectivity index (χ2n) is 5.83. The monoisotopic (exact) mass is 333 g/mol. The third-order valence-corrected chi connectivity index (χ3v) is 5.22.